The first-order valence-electron chi connectivity index (χ1n) is 23.4. The van der Waals surface area contributed by atoms with E-state index in [9.17, 15) is 54.0 Å². The van der Waals surface area contributed by atoms with Gasteiger partial charge >= 0.3 is 34.6 Å². The summed E-state index contributed by atoms with van der Waals surface area (Å²) in [6, 6.07) is 20.3. The fourth-order valence-electron chi connectivity index (χ4n) is 6.86. The number of halogens is 5. The summed E-state index contributed by atoms with van der Waals surface area (Å²) in [4.78, 5) is 71.7. The molecule has 2 N–H and O–H groups in total. The number of para-hydroxylation sites is 2. The fourth-order valence-corrected chi connectivity index (χ4v) is 9.01. The number of benzene rings is 4. The highest BCUT2D eigenvalue weighted by Crippen LogP contribution is 2.34. The molecule has 0 radical (unpaired) electrons. The predicted octanol–water partition coefficient (Wildman–Crippen LogP) is 8.89. The van der Waals surface area contributed by atoms with Gasteiger partial charge in [-0.15, -0.1) is 0 Å². The van der Waals surface area contributed by atoms with Crippen LogP contribution in [0.3, 0.4) is 0 Å². The number of sulfone groups is 1. The number of nitrogens with one attached hydrogen (secondary N) is 2. The molecule has 0 saturated heterocycles. The van der Waals surface area contributed by atoms with Crippen LogP contribution in [0.4, 0.5) is 23.9 Å². The molecule has 7 rings (SSSR count). The minimum absolute atomic E-state index is 0.0444. The van der Waals surface area contributed by atoms with Crippen LogP contribution in [0, 0.1) is 5.92 Å². The topological polar surface area (TPSA) is 303 Å². The number of rotatable bonds is 20. The Kier molecular flexibility index (Phi) is 22.4. The van der Waals surface area contributed by atoms with Gasteiger partial charge < -0.3 is 41.8 Å². The SMILES string of the molecule is CCOC(=O)[C@@H](C)Oc1ccc(Oc2nc3ccc(Cl)cc3o2)cc1.CCOc1ccccc1OS(=O)(=O)NC(=O)Nc1nc(OC)cc(OC)n1.CS(=O)(=O)c1ccc(C(=O)C2C(=O)CCCC2=O)c(Cl)c1COCC(F)(F)F. The molecule has 0 unspecified atom stereocenters. The molecule has 0 spiro atoms. The first kappa shape index (κ1) is 63.0. The van der Waals surface area contributed by atoms with Crippen molar-refractivity contribution in [2.24, 2.45) is 5.92 Å². The fraction of sp³-hybridized carbons (Fsp3) is 0.320. The zero-order valence-corrected chi connectivity index (χ0v) is 46.2. The molecule has 30 heteroatoms. The van der Waals surface area contributed by atoms with Crippen LogP contribution in [0.25, 0.3) is 11.1 Å². The van der Waals surface area contributed by atoms with Gasteiger partial charge in [0.2, 0.25) is 17.7 Å². The molecule has 0 bridgehead atoms. The number of urea groups is 1. The van der Waals surface area contributed by atoms with Gasteiger partial charge in [0.1, 0.15) is 29.5 Å². The minimum Gasteiger partial charge on any atom is -0.490 e. The van der Waals surface area contributed by atoms with Gasteiger partial charge in [-0.3, -0.25) is 19.7 Å². The number of amides is 2. The number of carbonyl (C=O) groups excluding carboxylic acids is 5. The van der Waals surface area contributed by atoms with E-state index in [4.69, 9.17) is 60.2 Å². The predicted molar refractivity (Wildman–Crippen MR) is 279 cm³/mol. The third-order valence-corrected chi connectivity index (χ3v) is 13.0. The van der Waals surface area contributed by atoms with Crippen molar-refractivity contribution in [1.29, 1.82) is 0 Å². The Morgan fingerprint density at radius 1 is 0.825 bits per heavy atom. The second-order valence-electron chi connectivity index (χ2n) is 16.3. The molecule has 1 fully saturated rings. The number of alkyl halides is 3. The maximum Gasteiger partial charge on any atom is 0.411 e. The highest BCUT2D eigenvalue weighted by molar-refractivity contribution is 7.90. The second kappa shape index (κ2) is 28.4. The number of ether oxygens (including phenoxy) is 7. The van der Waals surface area contributed by atoms with Crippen molar-refractivity contribution in [3.63, 3.8) is 0 Å². The first-order chi connectivity index (χ1) is 37.7. The van der Waals surface area contributed by atoms with Gasteiger partial charge in [-0.25, -0.2) is 22.7 Å². The number of ketones is 3. The standard InChI is InChI=1S/C18H16ClNO5.C17H16ClF3O6S.C15H18N4O7S/c1-3-22-17(21)11(2)23-13-5-7-14(8-6-13)24-18-20-15-9-4-12(19)10-16(15)25-18;1-28(25,26)13-6-5-9(15(18)10(13)7-27-8-17(19,20)21)16(24)14-11(22)3-2-4-12(14)23;1-4-25-10-7-5-6-8-11(10)26-27(21,22)19-15(20)18-14-16-12(23-2)9-13(17-14)24-3/h4-11H,3H2,1-2H3;5-6,14H,2-4,7-8H2,1H3;5-9H,4H2,1-3H3,(H2,16,17,18,19,20)/t11-;;/m1../s1. The third-order valence-electron chi connectivity index (χ3n) is 10.3. The molecule has 2 amide bonds. The number of hydrogen-bond donors (Lipinski definition) is 2. The average Bonchev–Trinajstić information content (AvgIpc) is 3.80. The maximum absolute atomic E-state index is 12.7. The van der Waals surface area contributed by atoms with Gasteiger partial charge in [0.05, 0.1) is 50.0 Å². The van der Waals surface area contributed by atoms with E-state index >= 15 is 0 Å². The van der Waals surface area contributed by atoms with Crippen molar-refractivity contribution in [1.82, 2.24) is 19.7 Å². The van der Waals surface area contributed by atoms with Crippen LogP contribution < -0.4 is 37.9 Å². The summed E-state index contributed by atoms with van der Waals surface area (Å²) in [5, 5.41) is 2.26. The van der Waals surface area contributed by atoms with Crippen molar-refractivity contribution in [3.05, 3.63) is 106 Å². The van der Waals surface area contributed by atoms with Crippen LogP contribution in [0.15, 0.2) is 94.2 Å². The Balaban J connectivity index is 0.000000221. The molecule has 4 aromatic carbocycles. The highest BCUT2D eigenvalue weighted by Gasteiger charge is 2.38. The first-order valence-corrected chi connectivity index (χ1v) is 27.4. The van der Waals surface area contributed by atoms with E-state index in [1.165, 1.54) is 32.4 Å². The lowest BCUT2D eigenvalue weighted by Crippen LogP contribution is -2.37. The summed E-state index contributed by atoms with van der Waals surface area (Å²) in [6.45, 7) is 3.26. The smallest absolute Gasteiger partial charge is 0.411 e. The van der Waals surface area contributed by atoms with Crippen molar-refractivity contribution >= 4 is 89.7 Å². The Morgan fingerprint density at radius 2 is 1.45 bits per heavy atom. The summed E-state index contributed by atoms with van der Waals surface area (Å²) < 4.78 is 133. The number of nitrogens with zero attached hydrogens (tertiary/aromatic N) is 3. The van der Waals surface area contributed by atoms with Gasteiger partial charge in [-0.05, 0) is 87.9 Å². The van der Waals surface area contributed by atoms with Crippen LogP contribution in [0.5, 0.6) is 40.8 Å². The van der Waals surface area contributed by atoms with Crippen molar-refractivity contribution < 1.29 is 95.7 Å². The number of fused-ring (bicyclic) bond motifs is 1. The lowest BCUT2D eigenvalue weighted by atomic mass is 9.81. The zero-order valence-electron chi connectivity index (χ0n) is 43.1. The van der Waals surface area contributed by atoms with Crippen molar-refractivity contribution in [2.45, 2.75) is 63.8 Å². The largest absolute Gasteiger partial charge is 0.490 e. The van der Waals surface area contributed by atoms with Crippen molar-refractivity contribution in [3.8, 4) is 40.8 Å². The Bertz CT molecular complexity index is 3390. The molecule has 1 atom stereocenters. The van der Waals surface area contributed by atoms with E-state index in [0.717, 1.165) is 18.4 Å². The third kappa shape index (κ3) is 18.7. The second-order valence-corrected chi connectivity index (χ2v) is 20.4. The maximum atomic E-state index is 12.7. The van der Waals surface area contributed by atoms with Gasteiger partial charge in [0, 0.05) is 41.3 Å². The molecule has 0 aliphatic heterocycles. The normalized spacial score (nSPS) is 13.1. The zero-order chi connectivity index (χ0) is 59.0. The van der Waals surface area contributed by atoms with E-state index < -0.39 is 90.8 Å². The van der Waals surface area contributed by atoms with Crippen LogP contribution >= 0.6 is 23.2 Å². The van der Waals surface area contributed by atoms with E-state index in [0.29, 0.717) is 47.3 Å². The van der Waals surface area contributed by atoms with Gasteiger partial charge in [-0.1, -0.05) is 35.3 Å². The van der Waals surface area contributed by atoms with E-state index in [1.807, 2.05) is 0 Å². The van der Waals surface area contributed by atoms with Gasteiger partial charge in [0.25, 0.3) is 0 Å². The lowest BCUT2D eigenvalue weighted by molar-refractivity contribution is -0.176. The summed E-state index contributed by atoms with van der Waals surface area (Å²) in [5.74, 6) is -2.81. The van der Waals surface area contributed by atoms with Gasteiger partial charge in [-0.2, -0.15) is 36.5 Å². The quantitative estimate of drug-likeness (QED) is 0.0409. The van der Waals surface area contributed by atoms with Crippen LogP contribution in [-0.4, -0.2) is 114 Å². The van der Waals surface area contributed by atoms with Crippen LogP contribution in [-0.2, 0) is 50.6 Å². The number of oxazole rings is 1. The summed E-state index contributed by atoms with van der Waals surface area (Å²) >= 11 is 12.0. The number of Topliss-reactive ketones (excluding diaryl/α,β-unsaturated/α-hetero) is 3. The average molecular weight is 1200 g/mol. The number of esters is 1. The van der Waals surface area contributed by atoms with E-state index in [2.05, 4.69) is 25.0 Å². The number of aromatic nitrogens is 3. The molecule has 23 nitrogen and oxygen atoms in total. The van der Waals surface area contributed by atoms with Crippen LogP contribution in [0.2, 0.25) is 10.0 Å². The van der Waals surface area contributed by atoms with Crippen molar-refractivity contribution in [2.75, 3.05) is 45.6 Å². The van der Waals surface area contributed by atoms with E-state index in [-0.39, 0.29) is 59.3 Å². The molecule has 1 aliphatic carbocycles. The summed E-state index contributed by atoms with van der Waals surface area (Å²) in [6.07, 6.45) is -3.97. The molecule has 2 heterocycles. The molecular weight excluding hydrogens is 1150 g/mol. The molecule has 80 heavy (non-hydrogen) atoms. The lowest BCUT2D eigenvalue weighted by Gasteiger charge is -2.20. The molecule has 430 valence electrons. The number of hydrogen-bond acceptors (Lipinski definition) is 21. The molecule has 1 aliphatic rings. The van der Waals surface area contributed by atoms with Gasteiger partial charge in [0.15, 0.2) is 50.4 Å². The van der Waals surface area contributed by atoms with E-state index in [1.54, 1.807) is 80.1 Å². The monoisotopic (exact) mass is 1200 g/mol. The molecular formula is C50H50Cl2F3N5O18S2. The number of anilines is 1. The Morgan fingerprint density at radius 3 is 2.04 bits per heavy atom. The summed E-state index contributed by atoms with van der Waals surface area (Å²) in [5.41, 5.74) is 0.552. The number of methoxy groups -OCH3 is 2. The highest BCUT2D eigenvalue weighted by atomic mass is 35.5. The molecule has 1 saturated carbocycles. The minimum atomic E-state index is -4.65. The Hall–Kier alpha value is -7.79. The molecule has 2 aromatic heterocycles. The molecule has 6 aromatic rings. The van der Waals surface area contributed by atoms with Crippen LogP contribution in [0.1, 0.15) is 56.0 Å². The number of carbonyl (C=O) groups is 5. The summed E-state index contributed by atoms with van der Waals surface area (Å²) in [7, 11) is -5.67. The Labute approximate surface area is 465 Å².